The van der Waals surface area contributed by atoms with Crippen LogP contribution in [0.5, 0.6) is 5.75 Å². The van der Waals surface area contributed by atoms with Crippen molar-refractivity contribution >= 4 is 35.0 Å². The van der Waals surface area contributed by atoms with E-state index in [0.29, 0.717) is 41.2 Å². The van der Waals surface area contributed by atoms with Crippen molar-refractivity contribution in [2.45, 2.75) is 51.6 Å². The van der Waals surface area contributed by atoms with E-state index in [1.807, 2.05) is 50.3 Å². The van der Waals surface area contributed by atoms with Crippen molar-refractivity contribution in [1.82, 2.24) is 20.2 Å². The number of benzene rings is 1. The van der Waals surface area contributed by atoms with Gasteiger partial charge in [-0.15, -0.1) is 0 Å². The lowest BCUT2D eigenvalue weighted by atomic mass is 9.91. The maximum Gasteiger partial charge on any atom is 0.252 e. The number of carbonyl (C=O) groups is 2. The number of amides is 2. The molecule has 0 spiro atoms. The molecule has 1 fully saturated rings. The molecule has 2 aliphatic heterocycles. The molecule has 2 N–H and O–H groups in total. The van der Waals surface area contributed by atoms with Crippen LogP contribution >= 0.6 is 0 Å². The molecule has 5 rings (SSSR count). The van der Waals surface area contributed by atoms with Crippen molar-refractivity contribution in [3.8, 4) is 5.75 Å². The van der Waals surface area contributed by atoms with Crippen molar-refractivity contribution < 1.29 is 14.3 Å². The summed E-state index contributed by atoms with van der Waals surface area (Å²) in [4.78, 5) is 41.5. The molecule has 0 saturated heterocycles. The van der Waals surface area contributed by atoms with Gasteiger partial charge in [-0.3, -0.25) is 9.59 Å². The SMILES string of the molecule is COc1cc(C(=O)NC2C=CN(C)C=C2)ccc1Nc1ncc2c(n1)N(C1CCCC1)CC(C)(C)C(=O)N2C. The number of anilines is 4. The van der Waals surface area contributed by atoms with Gasteiger partial charge in [-0.2, -0.15) is 4.98 Å². The van der Waals surface area contributed by atoms with E-state index in [0.717, 1.165) is 18.7 Å². The molecule has 0 radical (unpaired) electrons. The third-order valence-corrected chi connectivity index (χ3v) is 7.66. The van der Waals surface area contributed by atoms with Crippen LogP contribution in [-0.2, 0) is 4.79 Å². The zero-order valence-corrected chi connectivity index (χ0v) is 23.3. The van der Waals surface area contributed by atoms with Crippen molar-refractivity contribution in [3.05, 3.63) is 54.5 Å². The first kappa shape index (κ1) is 26.5. The number of hydrogen-bond acceptors (Lipinski definition) is 8. The minimum atomic E-state index is -0.551. The fraction of sp³-hybridized carbons (Fsp3) is 0.448. The van der Waals surface area contributed by atoms with Gasteiger partial charge in [-0.1, -0.05) is 12.8 Å². The van der Waals surface area contributed by atoms with Crippen LogP contribution in [0.3, 0.4) is 0 Å². The average molecular weight is 532 g/mol. The largest absolute Gasteiger partial charge is 0.495 e. The number of hydrogen-bond donors (Lipinski definition) is 2. The quantitative estimate of drug-likeness (QED) is 0.576. The molecule has 2 amide bonds. The fourth-order valence-corrected chi connectivity index (χ4v) is 5.48. The lowest BCUT2D eigenvalue weighted by molar-refractivity contribution is -0.125. The highest BCUT2D eigenvalue weighted by atomic mass is 16.5. The van der Waals surface area contributed by atoms with Crippen LogP contribution in [0.2, 0.25) is 0 Å². The Balaban J connectivity index is 1.41. The summed E-state index contributed by atoms with van der Waals surface area (Å²) in [5, 5.41) is 6.25. The predicted octanol–water partition coefficient (Wildman–Crippen LogP) is 4.05. The summed E-state index contributed by atoms with van der Waals surface area (Å²) in [5.74, 6) is 1.50. The van der Waals surface area contributed by atoms with Gasteiger partial charge in [-0.05, 0) is 57.0 Å². The Morgan fingerprint density at radius 3 is 2.54 bits per heavy atom. The van der Waals surface area contributed by atoms with Crippen molar-refractivity contribution in [2.24, 2.45) is 5.41 Å². The van der Waals surface area contributed by atoms with Crippen molar-refractivity contribution in [2.75, 3.05) is 42.9 Å². The van der Waals surface area contributed by atoms with E-state index < -0.39 is 5.41 Å². The Labute approximate surface area is 229 Å². The Bertz CT molecular complexity index is 1300. The number of carbonyl (C=O) groups excluding carboxylic acids is 2. The Hall–Kier alpha value is -4.08. The zero-order chi connectivity index (χ0) is 27.7. The van der Waals surface area contributed by atoms with Crippen LogP contribution in [-0.4, -0.2) is 66.5 Å². The molecule has 2 aromatic rings. The summed E-state index contributed by atoms with van der Waals surface area (Å²) in [6, 6.07) is 5.39. The second-order valence-corrected chi connectivity index (χ2v) is 11.1. The second kappa shape index (κ2) is 10.6. The molecular weight excluding hydrogens is 494 g/mol. The first-order valence-electron chi connectivity index (χ1n) is 13.4. The number of nitrogens with one attached hydrogen (secondary N) is 2. The molecule has 10 nitrogen and oxygen atoms in total. The van der Waals surface area contributed by atoms with E-state index in [9.17, 15) is 9.59 Å². The van der Waals surface area contributed by atoms with Crippen LogP contribution in [0.15, 0.2) is 48.9 Å². The summed E-state index contributed by atoms with van der Waals surface area (Å²) >= 11 is 0. The Morgan fingerprint density at radius 2 is 1.85 bits per heavy atom. The highest BCUT2D eigenvalue weighted by molar-refractivity contribution is 6.01. The van der Waals surface area contributed by atoms with Gasteiger partial charge in [0.15, 0.2) is 5.82 Å². The summed E-state index contributed by atoms with van der Waals surface area (Å²) in [6.07, 6.45) is 13.9. The van der Waals surface area contributed by atoms with Gasteiger partial charge in [0, 0.05) is 44.6 Å². The first-order valence-corrected chi connectivity index (χ1v) is 13.4. The minimum absolute atomic E-state index is 0.0512. The number of fused-ring (bicyclic) bond motifs is 1. The van der Waals surface area contributed by atoms with Crippen LogP contribution < -0.4 is 25.2 Å². The molecule has 1 aliphatic carbocycles. The molecule has 3 heterocycles. The number of aromatic nitrogens is 2. The molecule has 0 bridgehead atoms. The van der Waals surface area contributed by atoms with Crippen LogP contribution in [0.4, 0.5) is 23.1 Å². The second-order valence-electron chi connectivity index (χ2n) is 11.1. The van der Waals surface area contributed by atoms with E-state index in [2.05, 4.69) is 20.5 Å². The number of rotatable bonds is 6. The van der Waals surface area contributed by atoms with Crippen molar-refractivity contribution in [3.63, 3.8) is 0 Å². The van der Waals surface area contributed by atoms with Gasteiger partial charge < -0.3 is 30.1 Å². The van der Waals surface area contributed by atoms with Crippen LogP contribution in [0.1, 0.15) is 49.9 Å². The summed E-state index contributed by atoms with van der Waals surface area (Å²) in [6.45, 7) is 4.58. The third kappa shape index (κ3) is 5.41. The molecule has 1 aromatic carbocycles. The molecule has 10 heteroatoms. The van der Waals surface area contributed by atoms with E-state index >= 15 is 0 Å². The van der Waals surface area contributed by atoms with Gasteiger partial charge in [0.05, 0.1) is 30.5 Å². The predicted molar refractivity (Wildman–Crippen MR) is 152 cm³/mol. The maximum atomic E-state index is 13.2. The molecule has 1 saturated carbocycles. The van der Waals surface area contributed by atoms with Gasteiger partial charge >= 0.3 is 0 Å². The van der Waals surface area contributed by atoms with E-state index in [1.165, 1.54) is 12.8 Å². The highest BCUT2D eigenvalue weighted by Crippen LogP contribution is 2.40. The first-order chi connectivity index (χ1) is 18.7. The van der Waals surface area contributed by atoms with E-state index in [4.69, 9.17) is 9.72 Å². The summed E-state index contributed by atoms with van der Waals surface area (Å²) in [5.41, 5.74) is 1.28. The fourth-order valence-electron chi connectivity index (χ4n) is 5.48. The average Bonchev–Trinajstić information content (AvgIpc) is 3.45. The molecular formula is C29H37N7O3. The third-order valence-electron chi connectivity index (χ3n) is 7.66. The normalized spacial score (nSPS) is 19.2. The van der Waals surface area contributed by atoms with Gasteiger partial charge in [0.1, 0.15) is 11.4 Å². The maximum absolute atomic E-state index is 13.2. The molecule has 206 valence electrons. The molecule has 1 aromatic heterocycles. The zero-order valence-electron chi connectivity index (χ0n) is 23.3. The molecule has 0 unspecified atom stereocenters. The van der Waals surface area contributed by atoms with Gasteiger partial charge in [0.25, 0.3) is 5.91 Å². The molecule has 39 heavy (non-hydrogen) atoms. The highest BCUT2D eigenvalue weighted by Gasteiger charge is 2.41. The smallest absolute Gasteiger partial charge is 0.252 e. The lowest BCUT2D eigenvalue weighted by Crippen LogP contribution is -2.45. The Morgan fingerprint density at radius 1 is 1.13 bits per heavy atom. The number of ether oxygens (including phenoxy) is 1. The molecule has 3 aliphatic rings. The minimum Gasteiger partial charge on any atom is -0.495 e. The lowest BCUT2D eigenvalue weighted by Gasteiger charge is -2.34. The number of methoxy groups -OCH3 is 1. The van der Waals surface area contributed by atoms with Gasteiger partial charge in [-0.25, -0.2) is 4.98 Å². The van der Waals surface area contributed by atoms with E-state index in [-0.39, 0.29) is 17.9 Å². The van der Waals surface area contributed by atoms with Crippen molar-refractivity contribution in [1.29, 1.82) is 0 Å². The topological polar surface area (TPSA) is 103 Å². The monoisotopic (exact) mass is 531 g/mol. The summed E-state index contributed by atoms with van der Waals surface area (Å²) < 4.78 is 5.61. The molecule has 0 atom stereocenters. The standard InChI is InChI=1S/C29H37N7O3/c1-29(2)18-36(21-8-6-7-9-21)25-23(35(4)27(29)38)17-30-28(33-25)32-22-11-10-19(16-24(22)39-5)26(37)31-20-12-14-34(3)15-13-20/h10-17,20-21H,6-9,18H2,1-5H3,(H,31,37)(H,30,32,33). The Kier molecular flexibility index (Phi) is 7.20. The van der Waals surface area contributed by atoms with Crippen LogP contribution in [0, 0.1) is 5.41 Å². The summed E-state index contributed by atoms with van der Waals surface area (Å²) in [7, 11) is 5.29. The van der Waals surface area contributed by atoms with E-state index in [1.54, 1.807) is 43.5 Å². The van der Waals surface area contributed by atoms with Crippen LogP contribution in [0.25, 0.3) is 0 Å². The van der Waals surface area contributed by atoms with Gasteiger partial charge in [0.2, 0.25) is 11.9 Å². The number of nitrogens with zero attached hydrogens (tertiary/aromatic N) is 5.